The van der Waals surface area contributed by atoms with Crippen LogP contribution in [0.4, 0.5) is 0 Å². The molecule has 0 atom stereocenters. The number of halogens is 2. The number of carboxylic acids is 1. The number of aromatic carboxylic acids is 1. The Balaban J connectivity index is 0.00000243. The standard InChI is InChI=1S/C19H14Cl2O4.Li/c1-9(2)15-14-5-3-4-13(10-6-11(20)8-12(21)7-10)17(14)25-19(24)16(15)18(22)23;/h3-9H,1-2H3,(H,22,23);/q;+1/p-1. The number of rotatable bonds is 3. The van der Waals surface area contributed by atoms with E-state index >= 15 is 0 Å². The number of carboxylic acid groups (broad SMARTS) is 1. The van der Waals surface area contributed by atoms with E-state index in [1.165, 1.54) is 0 Å². The number of carbonyl (C=O) groups excluding carboxylic acids is 1. The fourth-order valence-corrected chi connectivity index (χ4v) is 3.50. The molecule has 128 valence electrons. The van der Waals surface area contributed by atoms with Gasteiger partial charge < -0.3 is 14.3 Å². The zero-order valence-corrected chi connectivity index (χ0v) is 15.9. The van der Waals surface area contributed by atoms with Gasteiger partial charge in [-0.25, -0.2) is 4.79 Å². The third-order valence-corrected chi connectivity index (χ3v) is 4.36. The van der Waals surface area contributed by atoms with Crippen LogP contribution in [-0.2, 0) is 0 Å². The summed E-state index contributed by atoms with van der Waals surface area (Å²) >= 11 is 12.1. The predicted molar refractivity (Wildman–Crippen MR) is 96.4 cm³/mol. The monoisotopic (exact) mass is 382 g/mol. The Morgan fingerprint density at radius 1 is 1.12 bits per heavy atom. The summed E-state index contributed by atoms with van der Waals surface area (Å²) in [5, 5.41) is 12.9. The van der Waals surface area contributed by atoms with Gasteiger partial charge in [0.2, 0.25) is 0 Å². The Bertz CT molecular complexity index is 1040. The van der Waals surface area contributed by atoms with Gasteiger partial charge in [0.05, 0.1) is 11.5 Å². The van der Waals surface area contributed by atoms with Crippen molar-refractivity contribution in [1.82, 2.24) is 0 Å². The topological polar surface area (TPSA) is 70.3 Å². The predicted octanol–water partition coefficient (Wildman–Crippen LogP) is 1.26. The van der Waals surface area contributed by atoms with Gasteiger partial charge in [0.25, 0.3) is 0 Å². The molecule has 0 saturated heterocycles. The second kappa shape index (κ2) is 7.90. The van der Waals surface area contributed by atoms with Crippen molar-refractivity contribution >= 4 is 40.1 Å². The van der Waals surface area contributed by atoms with Crippen LogP contribution in [0.25, 0.3) is 22.1 Å². The molecule has 4 nitrogen and oxygen atoms in total. The van der Waals surface area contributed by atoms with E-state index in [1.807, 2.05) is 13.8 Å². The molecule has 1 aromatic heterocycles. The quantitative estimate of drug-likeness (QED) is 0.505. The molecule has 0 bridgehead atoms. The van der Waals surface area contributed by atoms with Crippen LogP contribution >= 0.6 is 23.2 Å². The molecule has 0 aliphatic heterocycles. The van der Waals surface area contributed by atoms with E-state index in [9.17, 15) is 14.7 Å². The van der Waals surface area contributed by atoms with Crippen LogP contribution in [-0.4, -0.2) is 5.97 Å². The van der Waals surface area contributed by atoms with Gasteiger partial charge in [-0.1, -0.05) is 55.2 Å². The summed E-state index contributed by atoms with van der Waals surface area (Å²) in [6.45, 7) is 3.62. The molecule has 0 amide bonds. The van der Waals surface area contributed by atoms with Crippen LogP contribution in [0, 0.1) is 0 Å². The fraction of sp³-hybridized carbons (Fsp3) is 0.158. The van der Waals surface area contributed by atoms with Crippen molar-refractivity contribution in [3.05, 3.63) is 68.0 Å². The average molecular weight is 383 g/mol. The summed E-state index contributed by atoms with van der Waals surface area (Å²) in [7, 11) is 0. The zero-order valence-electron chi connectivity index (χ0n) is 14.4. The van der Waals surface area contributed by atoms with Crippen LogP contribution < -0.4 is 29.6 Å². The van der Waals surface area contributed by atoms with E-state index in [-0.39, 0.29) is 24.8 Å². The van der Waals surface area contributed by atoms with E-state index < -0.39 is 17.2 Å². The minimum Gasteiger partial charge on any atom is -0.545 e. The molecule has 3 rings (SSSR count). The molecule has 0 aliphatic carbocycles. The summed E-state index contributed by atoms with van der Waals surface area (Å²) in [6.07, 6.45) is 0. The maximum Gasteiger partial charge on any atom is 1.00 e. The van der Waals surface area contributed by atoms with Gasteiger partial charge in [-0.05, 0) is 35.2 Å². The van der Waals surface area contributed by atoms with Gasteiger partial charge in [0.15, 0.2) is 0 Å². The Morgan fingerprint density at radius 3 is 2.27 bits per heavy atom. The molecule has 3 aromatic rings. The van der Waals surface area contributed by atoms with Gasteiger partial charge in [-0.2, -0.15) is 0 Å². The molecule has 26 heavy (non-hydrogen) atoms. The maximum atomic E-state index is 12.3. The molecule has 0 spiro atoms. The van der Waals surface area contributed by atoms with Crippen LogP contribution in [0.2, 0.25) is 10.0 Å². The summed E-state index contributed by atoms with van der Waals surface area (Å²) in [4.78, 5) is 23.7. The molecule has 0 saturated carbocycles. The van der Waals surface area contributed by atoms with E-state index in [0.717, 1.165) is 0 Å². The van der Waals surface area contributed by atoms with Crippen molar-refractivity contribution in [2.24, 2.45) is 0 Å². The van der Waals surface area contributed by atoms with Gasteiger partial charge in [0, 0.05) is 21.0 Å². The average Bonchev–Trinajstić information content (AvgIpc) is 2.51. The van der Waals surface area contributed by atoms with E-state index in [2.05, 4.69) is 0 Å². The third kappa shape index (κ3) is 3.70. The Labute approximate surface area is 171 Å². The largest absolute Gasteiger partial charge is 1.00 e. The third-order valence-electron chi connectivity index (χ3n) is 3.93. The summed E-state index contributed by atoms with van der Waals surface area (Å²) in [5.74, 6) is -1.76. The van der Waals surface area contributed by atoms with Crippen molar-refractivity contribution in [3.63, 3.8) is 0 Å². The van der Waals surface area contributed by atoms with Crippen LogP contribution in [0.1, 0.15) is 35.7 Å². The second-order valence-corrected chi connectivity index (χ2v) is 6.83. The molecule has 0 radical (unpaired) electrons. The number of para-hydroxylation sites is 1. The molecule has 2 aromatic carbocycles. The van der Waals surface area contributed by atoms with Crippen molar-refractivity contribution in [2.75, 3.05) is 0 Å². The van der Waals surface area contributed by atoms with Crippen molar-refractivity contribution < 1.29 is 33.2 Å². The van der Waals surface area contributed by atoms with Gasteiger partial charge in [0.1, 0.15) is 5.58 Å². The molecule has 7 heteroatoms. The van der Waals surface area contributed by atoms with Crippen molar-refractivity contribution in [1.29, 1.82) is 0 Å². The number of fused-ring (bicyclic) bond motifs is 1. The summed E-state index contributed by atoms with van der Waals surface area (Å²) in [5.41, 5.74) is 0.578. The smallest absolute Gasteiger partial charge is 0.545 e. The van der Waals surface area contributed by atoms with E-state index in [0.29, 0.717) is 37.7 Å². The second-order valence-electron chi connectivity index (χ2n) is 5.96. The van der Waals surface area contributed by atoms with Crippen LogP contribution in [0.15, 0.2) is 45.6 Å². The Hall–Kier alpha value is -1.70. The molecule has 0 fully saturated rings. The van der Waals surface area contributed by atoms with Crippen LogP contribution in [0.3, 0.4) is 0 Å². The van der Waals surface area contributed by atoms with Gasteiger partial charge in [-0.15, -0.1) is 0 Å². The first-order valence-electron chi connectivity index (χ1n) is 7.57. The van der Waals surface area contributed by atoms with Crippen molar-refractivity contribution in [3.8, 4) is 11.1 Å². The molecule has 0 aliphatic rings. The zero-order chi connectivity index (χ0) is 18.3. The minimum absolute atomic E-state index is 0. The molecular weight excluding hydrogens is 370 g/mol. The van der Waals surface area contributed by atoms with Gasteiger partial charge >= 0.3 is 24.5 Å². The Morgan fingerprint density at radius 2 is 1.73 bits per heavy atom. The first-order chi connectivity index (χ1) is 11.8. The number of hydrogen-bond donors (Lipinski definition) is 0. The number of hydrogen-bond acceptors (Lipinski definition) is 4. The Kier molecular flexibility index (Phi) is 6.26. The van der Waals surface area contributed by atoms with Crippen LogP contribution in [0.5, 0.6) is 0 Å². The normalized spacial score (nSPS) is 10.8. The fourth-order valence-electron chi connectivity index (χ4n) is 2.98. The first-order valence-corrected chi connectivity index (χ1v) is 8.32. The van der Waals surface area contributed by atoms with Gasteiger partial charge in [-0.3, -0.25) is 0 Å². The van der Waals surface area contributed by atoms with E-state index in [1.54, 1.807) is 36.4 Å². The molecule has 0 N–H and O–H groups in total. The first kappa shape index (κ1) is 20.6. The SMILES string of the molecule is CC(C)c1c(C(=O)[O-])c(=O)oc2c(-c3cc(Cl)cc(Cl)c3)cccc12.[Li+]. The maximum absolute atomic E-state index is 12.3. The minimum atomic E-state index is -1.55. The van der Waals surface area contributed by atoms with Crippen molar-refractivity contribution in [2.45, 2.75) is 19.8 Å². The number of benzene rings is 2. The number of carbonyl (C=O) groups is 1. The summed E-state index contributed by atoms with van der Waals surface area (Å²) in [6, 6.07) is 10.2. The summed E-state index contributed by atoms with van der Waals surface area (Å²) < 4.78 is 5.35. The molecule has 1 heterocycles. The van der Waals surface area contributed by atoms with E-state index in [4.69, 9.17) is 27.6 Å². The molecule has 0 unspecified atom stereocenters. The molecular formula is C19H13Cl2LiO4.